The van der Waals surface area contributed by atoms with Gasteiger partial charge in [-0.15, -0.1) is 0 Å². The average Bonchev–Trinajstić information content (AvgIpc) is 2.61. The Morgan fingerprint density at radius 1 is 0.875 bits per heavy atom. The third-order valence-electron chi connectivity index (χ3n) is 3.51. The lowest BCUT2D eigenvalue weighted by Gasteiger charge is -2.06. The minimum Gasteiger partial charge on any atom is -0.469 e. The van der Waals surface area contributed by atoms with Gasteiger partial charge in [-0.05, 0) is 31.4 Å². The van der Waals surface area contributed by atoms with Crippen molar-refractivity contribution < 1.29 is 19.1 Å². The first kappa shape index (κ1) is 19.7. The molecular weight excluding hydrogens is 308 g/mol. The van der Waals surface area contributed by atoms with E-state index in [0.717, 1.165) is 19.3 Å². The second-order valence-corrected chi connectivity index (χ2v) is 5.46. The van der Waals surface area contributed by atoms with E-state index in [4.69, 9.17) is 0 Å². The Kier molecular flexibility index (Phi) is 9.92. The van der Waals surface area contributed by atoms with Gasteiger partial charge in [0.25, 0.3) is 5.91 Å². The highest BCUT2D eigenvalue weighted by molar-refractivity contribution is 5.94. The molecule has 0 saturated carbocycles. The van der Waals surface area contributed by atoms with Crippen LogP contribution in [0.3, 0.4) is 0 Å². The number of amides is 2. The van der Waals surface area contributed by atoms with Crippen LogP contribution in [-0.2, 0) is 14.3 Å². The van der Waals surface area contributed by atoms with E-state index in [0.29, 0.717) is 37.9 Å². The van der Waals surface area contributed by atoms with E-state index < -0.39 is 0 Å². The summed E-state index contributed by atoms with van der Waals surface area (Å²) in [4.78, 5) is 34.3. The third kappa shape index (κ3) is 8.92. The Morgan fingerprint density at radius 3 is 2.29 bits per heavy atom. The van der Waals surface area contributed by atoms with E-state index in [1.54, 1.807) is 12.1 Å². The number of esters is 1. The molecule has 0 fully saturated rings. The lowest BCUT2D eigenvalue weighted by molar-refractivity contribution is -0.140. The molecule has 0 spiro atoms. The van der Waals surface area contributed by atoms with Crippen molar-refractivity contribution in [3.05, 3.63) is 35.9 Å². The van der Waals surface area contributed by atoms with Gasteiger partial charge in [0.1, 0.15) is 0 Å². The lowest BCUT2D eigenvalue weighted by Crippen LogP contribution is -2.28. The maximum absolute atomic E-state index is 11.8. The van der Waals surface area contributed by atoms with Crippen molar-refractivity contribution in [2.24, 2.45) is 0 Å². The summed E-state index contributed by atoms with van der Waals surface area (Å²) in [7, 11) is 1.38. The fourth-order valence-electron chi connectivity index (χ4n) is 2.13. The number of carbonyl (C=O) groups excluding carboxylic acids is 3. The number of ether oxygens (including phenoxy) is 1. The molecule has 0 radical (unpaired) electrons. The Morgan fingerprint density at radius 2 is 1.58 bits per heavy atom. The van der Waals surface area contributed by atoms with Crippen LogP contribution in [0.4, 0.5) is 0 Å². The summed E-state index contributed by atoms with van der Waals surface area (Å²) in [5, 5.41) is 5.63. The first-order valence-electron chi connectivity index (χ1n) is 8.30. The summed E-state index contributed by atoms with van der Waals surface area (Å²) in [5.74, 6) is -0.338. The molecule has 132 valence electrons. The maximum Gasteiger partial charge on any atom is 0.305 e. The van der Waals surface area contributed by atoms with Gasteiger partial charge in [0.15, 0.2) is 0 Å². The highest BCUT2D eigenvalue weighted by atomic mass is 16.5. The number of hydrogen-bond donors (Lipinski definition) is 2. The van der Waals surface area contributed by atoms with Crippen molar-refractivity contribution in [1.82, 2.24) is 10.6 Å². The van der Waals surface area contributed by atoms with E-state index in [1.165, 1.54) is 7.11 Å². The molecule has 2 N–H and O–H groups in total. The van der Waals surface area contributed by atoms with Crippen molar-refractivity contribution in [3.8, 4) is 0 Å². The number of carbonyl (C=O) groups is 3. The molecule has 0 aliphatic rings. The van der Waals surface area contributed by atoms with E-state index in [2.05, 4.69) is 15.4 Å². The molecule has 6 nitrogen and oxygen atoms in total. The quantitative estimate of drug-likeness (QED) is 0.479. The van der Waals surface area contributed by atoms with Gasteiger partial charge in [-0.1, -0.05) is 24.6 Å². The Labute approximate surface area is 143 Å². The van der Waals surface area contributed by atoms with Crippen LogP contribution in [0.25, 0.3) is 0 Å². The fourth-order valence-corrected chi connectivity index (χ4v) is 2.13. The summed E-state index contributed by atoms with van der Waals surface area (Å²) in [5.41, 5.74) is 0.619. The maximum atomic E-state index is 11.8. The van der Waals surface area contributed by atoms with Crippen LogP contribution in [-0.4, -0.2) is 38.0 Å². The zero-order chi connectivity index (χ0) is 17.6. The SMILES string of the molecule is COC(=O)CCCCCNC(=O)CCCNC(=O)c1ccccc1. The molecule has 2 amide bonds. The van der Waals surface area contributed by atoms with Crippen LogP contribution in [0, 0.1) is 0 Å². The van der Waals surface area contributed by atoms with Crippen LogP contribution in [0.15, 0.2) is 30.3 Å². The van der Waals surface area contributed by atoms with Crippen molar-refractivity contribution in [2.45, 2.75) is 38.5 Å². The molecule has 1 aromatic carbocycles. The number of nitrogens with one attached hydrogen (secondary N) is 2. The molecule has 0 heterocycles. The van der Waals surface area contributed by atoms with Crippen molar-refractivity contribution in [3.63, 3.8) is 0 Å². The zero-order valence-electron chi connectivity index (χ0n) is 14.2. The van der Waals surface area contributed by atoms with E-state index >= 15 is 0 Å². The first-order chi connectivity index (χ1) is 11.6. The highest BCUT2D eigenvalue weighted by Crippen LogP contribution is 2.00. The smallest absolute Gasteiger partial charge is 0.305 e. The molecule has 0 aromatic heterocycles. The predicted molar refractivity (Wildman–Crippen MR) is 91.5 cm³/mol. The monoisotopic (exact) mass is 334 g/mol. The number of methoxy groups -OCH3 is 1. The average molecular weight is 334 g/mol. The van der Waals surface area contributed by atoms with Crippen LogP contribution in [0.2, 0.25) is 0 Å². The number of unbranched alkanes of at least 4 members (excludes halogenated alkanes) is 2. The van der Waals surface area contributed by atoms with Gasteiger partial charge in [0, 0.05) is 31.5 Å². The van der Waals surface area contributed by atoms with Crippen molar-refractivity contribution in [2.75, 3.05) is 20.2 Å². The van der Waals surface area contributed by atoms with Crippen molar-refractivity contribution in [1.29, 1.82) is 0 Å². The molecule has 0 bridgehead atoms. The molecule has 0 saturated heterocycles. The number of benzene rings is 1. The topological polar surface area (TPSA) is 84.5 Å². The molecule has 0 atom stereocenters. The van der Waals surface area contributed by atoms with Gasteiger partial charge in [-0.25, -0.2) is 0 Å². The van der Waals surface area contributed by atoms with Gasteiger partial charge < -0.3 is 15.4 Å². The highest BCUT2D eigenvalue weighted by Gasteiger charge is 2.05. The molecular formula is C18H26N2O4. The van der Waals surface area contributed by atoms with Crippen LogP contribution < -0.4 is 10.6 Å². The second-order valence-electron chi connectivity index (χ2n) is 5.46. The molecule has 1 rings (SSSR count). The van der Waals surface area contributed by atoms with Crippen LogP contribution in [0.1, 0.15) is 48.9 Å². The molecule has 6 heteroatoms. The number of hydrogen-bond acceptors (Lipinski definition) is 4. The van der Waals surface area contributed by atoms with Gasteiger partial charge in [-0.2, -0.15) is 0 Å². The fraction of sp³-hybridized carbons (Fsp3) is 0.500. The first-order valence-corrected chi connectivity index (χ1v) is 8.30. The van der Waals surface area contributed by atoms with E-state index in [9.17, 15) is 14.4 Å². The van der Waals surface area contributed by atoms with E-state index in [1.807, 2.05) is 18.2 Å². The van der Waals surface area contributed by atoms with E-state index in [-0.39, 0.29) is 17.8 Å². The van der Waals surface area contributed by atoms with Gasteiger partial charge in [-0.3, -0.25) is 14.4 Å². The minimum atomic E-state index is -0.198. The molecule has 0 unspecified atom stereocenters. The summed E-state index contributed by atoms with van der Waals surface area (Å²) in [6.07, 6.45) is 3.90. The minimum absolute atomic E-state index is 0.0167. The Hall–Kier alpha value is -2.37. The van der Waals surface area contributed by atoms with Gasteiger partial charge in [0.05, 0.1) is 7.11 Å². The summed E-state index contributed by atoms with van der Waals surface area (Å²) in [6.45, 7) is 1.08. The van der Waals surface area contributed by atoms with Crippen molar-refractivity contribution >= 4 is 17.8 Å². The standard InChI is InChI=1S/C18H26N2O4/c1-24-17(22)12-6-3-7-13-19-16(21)11-8-14-20-18(23)15-9-4-2-5-10-15/h2,4-5,9-10H,3,6-8,11-14H2,1H3,(H,19,21)(H,20,23). The van der Waals surface area contributed by atoms with Crippen LogP contribution in [0.5, 0.6) is 0 Å². The normalized spacial score (nSPS) is 10.0. The third-order valence-corrected chi connectivity index (χ3v) is 3.51. The summed E-state index contributed by atoms with van der Waals surface area (Å²) >= 11 is 0. The zero-order valence-corrected chi connectivity index (χ0v) is 14.2. The Balaban J connectivity index is 1.98. The molecule has 24 heavy (non-hydrogen) atoms. The summed E-state index contributed by atoms with van der Waals surface area (Å²) in [6, 6.07) is 8.99. The molecule has 0 aliphatic heterocycles. The lowest BCUT2D eigenvalue weighted by atomic mass is 10.2. The van der Waals surface area contributed by atoms with Crippen LogP contribution >= 0.6 is 0 Å². The molecule has 1 aromatic rings. The van der Waals surface area contributed by atoms with Gasteiger partial charge in [0.2, 0.25) is 5.91 Å². The molecule has 0 aliphatic carbocycles. The number of rotatable bonds is 11. The van der Waals surface area contributed by atoms with Gasteiger partial charge >= 0.3 is 5.97 Å². The summed E-state index contributed by atoms with van der Waals surface area (Å²) < 4.78 is 4.56. The predicted octanol–water partition coefficient (Wildman–Crippen LogP) is 2.05. The second kappa shape index (κ2) is 12.1. The Bertz CT molecular complexity index is 517. The largest absolute Gasteiger partial charge is 0.469 e.